The Balaban J connectivity index is 1.61. The molecule has 1 unspecified atom stereocenters. The van der Waals surface area contributed by atoms with Crippen LogP contribution in [-0.2, 0) is 9.53 Å². The number of amides is 3. The molecular weight excluding hydrogens is 332 g/mol. The molecule has 1 aliphatic carbocycles. The predicted octanol–water partition coefficient (Wildman–Crippen LogP) is 0.917. The molecule has 3 rings (SSSR count). The first-order chi connectivity index (χ1) is 12.7. The van der Waals surface area contributed by atoms with E-state index in [9.17, 15) is 9.59 Å². The Hall–Kier alpha value is -1.60. The third kappa shape index (κ3) is 4.57. The lowest BCUT2D eigenvalue weighted by Gasteiger charge is -2.42. The van der Waals surface area contributed by atoms with Crippen LogP contribution in [0.5, 0.6) is 0 Å². The number of morpholine rings is 1. The fourth-order valence-electron chi connectivity index (χ4n) is 4.37. The van der Waals surface area contributed by atoms with Crippen molar-refractivity contribution in [1.82, 2.24) is 20.0 Å². The molecule has 0 aromatic rings. The van der Waals surface area contributed by atoms with Gasteiger partial charge in [0.1, 0.15) is 0 Å². The number of nitrogens with zero attached hydrogens (tertiary/aromatic N) is 3. The molecule has 3 amide bonds. The summed E-state index contributed by atoms with van der Waals surface area (Å²) in [6.45, 7) is 9.66. The number of hydrogen-bond acceptors (Lipinski definition) is 4. The van der Waals surface area contributed by atoms with Gasteiger partial charge in [-0.1, -0.05) is 18.9 Å². The minimum Gasteiger partial charge on any atom is -0.378 e. The lowest BCUT2D eigenvalue weighted by Crippen LogP contribution is -2.60. The molecule has 2 aliphatic heterocycles. The summed E-state index contributed by atoms with van der Waals surface area (Å²) >= 11 is 0. The molecule has 0 spiro atoms. The number of ether oxygens (including phenoxy) is 1. The van der Waals surface area contributed by atoms with E-state index in [-0.39, 0.29) is 18.0 Å². The molecule has 3 fully saturated rings. The van der Waals surface area contributed by atoms with E-state index in [0.717, 1.165) is 25.9 Å². The van der Waals surface area contributed by atoms with Crippen molar-refractivity contribution in [3.8, 4) is 0 Å². The quantitative estimate of drug-likeness (QED) is 0.737. The molecule has 7 nitrogen and oxygen atoms in total. The van der Waals surface area contributed by atoms with Crippen LogP contribution in [0.4, 0.5) is 4.79 Å². The fourth-order valence-corrected chi connectivity index (χ4v) is 4.37. The van der Waals surface area contributed by atoms with Gasteiger partial charge >= 0.3 is 6.03 Å². The smallest absolute Gasteiger partial charge is 0.317 e. The Bertz CT molecular complexity index is 493. The summed E-state index contributed by atoms with van der Waals surface area (Å²) in [6, 6.07) is -0.0736. The monoisotopic (exact) mass is 364 g/mol. The third-order valence-corrected chi connectivity index (χ3v) is 5.81. The zero-order valence-electron chi connectivity index (χ0n) is 15.7. The topological polar surface area (TPSA) is 65.1 Å². The number of piperazine rings is 1. The van der Waals surface area contributed by atoms with Gasteiger partial charge in [-0.05, 0) is 18.8 Å². The van der Waals surface area contributed by atoms with Crippen molar-refractivity contribution in [2.24, 2.45) is 5.92 Å². The number of hydrogen-bond donors (Lipinski definition) is 1. The second-order valence-corrected chi connectivity index (χ2v) is 7.42. The molecule has 3 aliphatic rings. The Kier molecular flexibility index (Phi) is 6.91. The maximum Gasteiger partial charge on any atom is 0.317 e. The van der Waals surface area contributed by atoms with Crippen molar-refractivity contribution in [2.45, 2.75) is 31.7 Å². The summed E-state index contributed by atoms with van der Waals surface area (Å²) in [5.74, 6) is 0.719. The van der Waals surface area contributed by atoms with Crippen molar-refractivity contribution in [2.75, 3.05) is 59.0 Å². The predicted molar refractivity (Wildman–Crippen MR) is 99.9 cm³/mol. The van der Waals surface area contributed by atoms with Crippen LogP contribution in [0.15, 0.2) is 12.7 Å². The van der Waals surface area contributed by atoms with E-state index in [1.165, 1.54) is 12.8 Å². The van der Waals surface area contributed by atoms with Crippen LogP contribution < -0.4 is 5.32 Å². The minimum atomic E-state index is -0.0403. The maximum absolute atomic E-state index is 13.3. The second-order valence-electron chi connectivity index (χ2n) is 7.42. The van der Waals surface area contributed by atoms with E-state index in [1.54, 1.807) is 6.08 Å². The second kappa shape index (κ2) is 9.37. The van der Waals surface area contributed by atoms with Crippen molar-refractivity contribution >= 4 is 11.9 Å². The molecule has 0 aromatic heterocycles. The SMILES string of the molecule is C=CCNC(=O)N1CCN(C(C(=O)N2CCOCC2)C2CCCC2)CC1. The van der Waals surface area contributed by atoms with E-state index in [2.05, 4.69) is 16.8 Å². The van der Waals surface area contributed by atoms with E-state index in [0.29, 0.717) is 51.9 Å². The van der Waals surface area contributed by atoms with Gasteiger partial charge in [-0.15, -0.1) is 6.58 Å². The molecule has 26 heavy (non-hydrogen) atoms. The molecule has 7 heteroatoms. The lowest BCUT2D eigenvalue weighted by molar-refractivity contribution is -0.144. The summed E-state index contributed by atoms with van der Waals surface area (Å²) in [4.78, 5) is 31.5. The molecular formula is C19H32N4O3. The van der Waals surface area contributed by atoms with Crippen LogP contribution in [0.3, 0.4) is 0 Å². The molecule has 0 bridgehead atoms. The molecule has 146 valence electrons. The molecule has 1 atom stereocenters. The first kappa shape index (κ1) is 19.2. The normalized spacial score (nSPS) is 23.7. The highest BCUT2D eigenvalue weighted by Crippen LogP contribution is 2.32. The van der Waals surface area contributed by atoms with Gasteiger partial charge in [-0.2, -0.15) is 0 Å². The first-order valence-corrected chi connectivity index (χ1v) is 9.95. The lowest BCUT2D eigenvalue weighted by atomic mass is 9.94. The Labute approximate surface area is 156 Å². The standard InChI is InChI=1S/C19H32N4O3/c1-2-7-20-19(25)23-10-8-21(9-11-23)17(16-5-3-4-6-16)18(24)22-12-14-26-15-13-22/h2,16-17H,1,3-15H2,(H,20,25). The van der Waals surface area contributed by atoms with Gasteiger partial charge in [-0.3, -0.25) is 9.69 Å². The molecule has 0 aromatic carbocycles. The zero-order chi connectivity index (χ0) is 18.4. The van der Waals surface area contributed by atoms with Crippen molar-refractivity contribution in [1.29, 1.82) is 0 Å². The summed E-state index contributed by atoms with van der Waals surface area (Å²) in [5, 5.41) is 2.84. The van der Waals surface area contributed by atoms with Crippen LogP contribution in [-0.4, -0.2) is 91.7 Å². The molecule has 1 saturated carbocycles. The van der Waals surface area contributed by atoms with Gasteiger partial charge in [-0.25, -0.2) is 4.79 Å². The molecule has 2 saturated heterocycles. The van der Waals surface area contributed by atoms with E-state index in [4.69, 9.17) is 4.74 Å². The summed E-state index contributed by atoms with van der Waals surface area (Å²) in [5.41, 5.74) is 0. The van der Waals surface area contributed by atoms with Crippen LogP contribution in [0.25, 0.3) is 0 Å². The first-order valence-electron chi connectivity index (χ1n) is 9.95. The average Bonchev–Trinajstić information content (AvgIpc) is 3.21. The van der Waals surface area contributed by atoms with Gasteiger partial charge in [0.15, 0.2) is 0 Å². The van der Waals surface area contributed by atoms with Gasteiger partial charge in [0.05, 0.1) is 19.3 Å². The largest absolute Gasteiger partial charge is 0.378 e. The van der Waals surface area contributed by atoms with Gasteiger partial charge in [0.2, 0.25) is 5.91 Å². The van der Waals surface area contributed by atoms with E-state index < -0.39 is 0 Å². The summed E-state index contributed by atoms with van der Waals surface area (Å²) < 4.78 is 5.41. The summed E-state index contributed by atoms with van der Waals surface area (Å²) in [7, 11) is 0. The van der Waals surface area contributed by atoms with Crippen LogP contribution in [0.1, 0.15) is 25.7 Å². The van der Waals surface area contributed by atoms with E-state index >= 15 is 0 Å². The van der Waals surface area contributed by atoms with Gasteiger partial charge < -0.3 is 19.9 Å². The maximum atomic E-state index is 13.3. The van der Waals surface area contributed by atoms with Gasteiger partial charge in [0.25, 0.3) is 0 Å². The number of carbonyl (C=O) groups is 2. The Morgan fingerprint density at radius 3 is 2.31 bits per heavy atom. The van der Waals surface area contributed by atoms with Gasteiger partial charge in [0, 0.05) is 45.8 Å². The number of rotatable bonds is 5. The average molecular weight is 364 g/mol. The van der Waals surface area contributed by atoms with Crippen LogP contribution >= 0.6 is 0 Å². The highest BCUT2D eigenvalue weighted by molar-refractivity contribution is 5.82. The third-order valence-electron chi connectivity index (χ3n) is 5.81. The van der Waals surface area contributed by atoms with Crippen LogP contribution in [0, 0.1) is 5.92 Å². The molecule has 2 heterocycles. The number of carbonyl (C=O) groups excluding carboxylic acids is 2. The van der Waals surface area contributed by atoms with Crippen molar-refractivity contribution in [3.05, 3.63) is 12.7 Å². The van der Waals surface area contributed by atoms with E-state index in [1.807, 2.05) is 9.80 Å². The Morgan fingerprint density at radius 1 is 1.04 bits per heavy atom. The van der Waals surface area contributed by atoms with Crippen molar-refractivity contribution < 1.29 is 14.3 Å². The number of nitrogens with one attached hydrogen (secondary N) is 1. The minimum absolute atomic E-state index is 0.0333. The highest BCUT2D eigenvalue weighted by Gasteiger charge is 2.39. The fraction of sp³-hybridized carbons (Fsp3) is 0.789. The van der Waals surface area contributed by atoms with Crippen molar-refractivity contribution in [3.63, 3.8) is 0 Å². The Morgan fingerprint density at radius 2 is 1.69 bits per heavy atom. The number of urea groups is 1. The highest BCUT2D eigenvalue weighted by atomic mass is 16.5. The van der Waals surface area contributed by atoms with Crippen LogP contribution in [0.2, 0.25) is 0 Å². The summed E-state index contributed by atoms with van der Waals surface area (Å²) in [6.07, 6.45) is 6.41. The zero-order valence-corrected chi connectivity index (χ0v) is 15.7. The molecule has 1 N–H and O–H groups in total. The molecule has 0 radical (unpaired) electrons.